The highest BCUT2D eigenvalue weighted by Crippen LogP contribution is 2.29. The number of carbonyl (C=O) groups excluding carboxylic acids is 1. The lowest BCUT2D eigenvalue weighted by Gasteiger charge is -2.23. The summed E-state index contributed by atoms with van der Waals surface area (Å²) in [4.78, 5) is 12.4. The molecule has 0 radical (unpaired) electrons. The molecule has 35 heavy (non-hydrogen) atoms. The highest BCUT2D eigenvalue weighted by Gasteiger charge is 2.28. The second-order valence-corrected chi connectivity index (χ2v) is 9.49. The van der Waals surface area contributed by atoms with E-state index in [0.717, 1.165) is 9.87 Å². The van der Waals surface area contributed by atoms with Crippen molar-refractivity contribution in [3.63, 3.8) is 0 Å². The zero-order chi connectivity index (χ0) is 24.8. The fraction of sp³-hybridized carbons (Fsp3) is 0.0800. The lowest BCUT2D eigenvalue weighted by molar-refractivity contribution is 0.0438. The molecule has 0 fully saturated rings. The molecule has 8 nitrogen and oxygen atoms in total. The van der Waals surface area contributed by atoms with Gasteiger partial charge in [-0.2, -0.15) is 0 Å². The minimum Gasteiger partial charge on any atom is -0.452 e. The Morgan fingerprint density at radius 3 is 2.40 bits per heavy atom. The molecule has 178 valence electrons. The molecular weight excluding hydrogens is 490 g/mol. The van der Waals surface area contributed by atoms with Crippen molar-refractivity contribution in [1.29, 1.82) is 0 Å². The lowest BCUT2D eigenvalue weighted by atomic mass is 10.2. The van der Waals surface area contributed by atoms with E-state index >= 15 is 0 Å². The number of carbonyl (C=O) groups is 1. The zero-order valence-electron chi connectivity index (χ0n) is 18.4. The van der Waals surface area contributed by atoms with Crippen molar-refractivity contribution in [2.45, 2.75) is 11.5 Å². The summed E-state index contributed by atoms with van der Waals surface area (Å²) in [6.45, 7) is 3.37. The molecule has 4 aromatic rings. The summed E-state index contributed by atoms with van der Waals surface area (Å²) in [6, 6.07) is 21.6. The summed E-state index contributed by atoms with van der Waals surface area (Å²) in [7, 11) is -4.12. The molecule has 4 rings (SSSR count). The van der Waals surface area contributed by atoms with Gasteiger partial charge in [0.25, 0.3) is 15.9 Å². The van der Waals surface area contributed by atoms with Crippen LogP contribution in [0.3, 0.4) is 0 Å². The predicted octanol–water partition coefficient (Wildman–Crippen LogP) is 5.13. The van der Waals surface area contributed by atoms with Crippen molar-refractivity contribution >= 4 is 33.3 Å². The van der Waals surface area contributed by atoms with E-state index in [0.29, 0.717) is 11.6 Å². The van der Waals surface area contributed by atoms with E-state index in [2.05, 4.69) is 16.8 Å². The maximum Gasteiger partial charge on any atom is 0.338 e. The van der Waals surface area contributed by atoms with Crippen LogP contribution in [0.5, 0.6) is 0 Å². The van der Waals surface area contributed by atoms with Gasteiger partial charge in [0.15, 0.2) is 6.61 Å². The first-order valence-electron chi connectivity index (χ1n) is 10.4. The van der Waals surface area contributed by atoms with Crippen LogP contribution in [0.2, 0.25) is 5.02 Å². The molecule has 10 heteroatoms. The molecule has 0 aliphatic carbocycles. The number of hydrogen-bond donors (Lipinski definition) is 0. The van der Waals surface area contributed by atoms with Crippen molar-refractivity contribution in [2.75, 3.05) is 10.8 Å². The molecule has 0 N–H and O–H groups in total. The Labute approximate surface area is 207 Å². The van der Waals surface area contributed by atoms with E-state index < -0.39 is 16.0 Å². The number of esters is 1. The summed E-state index contributed by atoms with van der Waals surface area (Å²) in [6.07, 6.45) is 1.46. The van der Waals surface area contributed by atoms with Crippen LogP contribution in [0.1, 0.15) is 16.2 Å². The van der Waals surface area contributed by atoms with E-state index in [-0.39, 0.29) is 34.5 Å². The summed E-state index contributed by atoms with van der Waals surface area (Å²) < 4.78 is 38.8. The van der Waals surface area contributed by atoms with Crippen molar-refractivity contribution < 1.29 is 22.4 Å². The fourth-order valence-corrected chi connectivity index (χ4v) is 5.16. The molecule has 0 atom stereocenters. The molecule has 0 saturated heterocycles. The van der Waals surface area contributed by atoms with Gasteiger partial charge in [0.05, 0.1) is 22.8 Å². The molecule has 0 amide bonds. The Morgan fingerprint density at radius 1 is 1.03 bits per heavy atom. The van der Waals surface area contributed by atoms with Crippen molar-refractivity contribution in [1.82, 2.24) is 10.2 Å². The summed E-state index contributed by atoms with van der Waals surface area (Å²) in [5.41, 5.74) is 1.16. The highest BCUT2D eigenvalue weighted by molar-refractivity contribution is 7.93. The van der Waals surface area contributed by atoms with Crippen LogP contribution in [-0.2, 0) is 21.4 Å². The predicted molar refractivity (Wildman–Crippen MR) is 131 cm³/mol. The third-order valence-corrected chi connectivity index (χ3v) is 7.16. The van der Waals surface area contributed by atoms with E-state index in [9.17, 15) is 13.2 Å². The smallest absolute Gasteiger partial charge is 0.338 e. The normalized spacial score (nSPS) is 11.1. The molecule has 0 aliphatic rings. The molecule has 1 heterocycles. The monoisotopic (exact) mass is 509 g/mol. The molecule has 0 unspecified atom stereocenters. The highest BCUT2D eigenvalue weighted by atomic mass is 35.5. The van der Waals surface area contributed by atoms with Gasteiger partial charge in [-0.1, -0.05) is 54.1 Å². The second kappa shape index (κ2) is 10.5. The van der Waals surface area contributed by atoms with Gasteiger partial charge in [-0.25, -0.2) is 13.2 Å². The number of halogens is 1. The van der Waals surface area contributed by atoms with E-state index in [4.69, 9.17) is 20.8 Å². The fourth-order valence-electron chi connectivity index (χ4n) is 3.22. The summed E-state index contributed by atoms with van der Waals surface area (Å²) in [5, 5.41) is 7.79. The largest absolute Gasteiger partial charge is 0.452 e. The van der Waals surface area contributed by atoms with Crippen LogP contribution in [0.4, 0.5) is 5.69 Å². The minimum atomic E-state index is -4.12. The van der Waals surface area contributed by atoms with Gasteiger partial charge in [0, 0.05) is 5.56 Å². The van der Waals surface area contributed by atoms with Crippen LogP contribution in [0.15, 0.2) is 101 Å². The van der Waals surface area contributed by atoms with Gasteiger partial charge in [-0.05, 0) is 42.5 Å². The third-order valence-electron chi connectivity index (χ3n) is 4.89. The number of benzene rings is 3. The Morgan fingerprint density at radius 2 is 1.71 bits per heavy atom. The summed E-state index contributed by atoms with van der Waals surface area (Å²) >= 11 is 6.23. The number of para-hydroxylation sites is 1. The molecule has 0 spiro atoms. The van der Waals surface area contributed by atoms with Gasteiger partial charge in [0.1, 0.15) is 4.90 Å². The first-order chi connectivity index (χ1) is 16.9. The first-order valence-corrected chi connectivity index (χ1v) is 12.2. The van der Waals surface area contributed by atoms with E-state index in [1.165, 1.54) is 24.3 Å². The van der Waals surface area contributed by atoms with Crippen LogP contribution in [0.25, 0.3) is 11.5 Å². The first kappa shape index (κ1) is 24.2. The molecule has 3 aromatic carbocycles. The SMILES string of the molecule is C=CCN(c1ccccc1)S(=O)(=O)c1cc(C(=O)OCc2nnc(-c3ccccc3)o2)ccc1Cl. The average molecular weight is 510 g/mol. The van der Waals surface area contributed by atoms with Gasteiger partial charge in [-0.15, -0.1) is 16.8 Å². The van der Waals surface area contributed by atoms with Crippen molar-refractivity contribution in [2.24, 2.45) is 0 Å². The number of aromatic nitrogens is 2. The van der Waals surface area contributed by atoms with E-state index in [1.54, 1.807) is 30.3 Å². The van der Waals surface area contributed by atoms with Crippen LogP contribution in [0, 0.1) is 0 Å². The maximum absolute atomic E-state index is 13.4. The summed E-state index contributed by atoms with van der Waals surface area (Å²) in [5.74, 6) is -0.382. The maximum atomic E-state index is 13.4. The number of nitrogens with zero attached hydrogens (tertiary/aromatic N) is 3. The number of anilines is 1. The quantitative estimate of drug-likeness (QED) is 0.227. The number of ether oxygens (including phenoxy) is 1. The Kier molecular flexibility index (Phi) is 7.28. The molecule has 1 aromatic heterocycles. The molecule has 0 saturated carbocycles. The van der Waals surface area contributed by atoms with Gasteiger partial charge >= 0.3 is 5.97 Å². The van der Waals surface area contributed by atoms with Crippen molar-refractivity contribution in [3.05, 3.63) is 108 Å². The van der Waals surface area contributed by atoms with E-state index in [1.807, 2.05) is 30.3 Å². The standard InChI is InChI=1S/C25H20ClN3O5S/c1-2-15-29(20-11-7-4-8-12-20)35(31,32)22-16-19(13-14-21(22)26)25(30)33-17-23-27-28-24(34-23)18-9-5-3-6-10-18/h2-14,16H,1,15,17H2. The second-order valence-electron chi connectivity index (χ2n) is 7.25. The van der Waals surface area contributed by atoms with Gasteiger partial charge < -0.3 is 9.15 Å². The Balaban J connectivity index is 1.54. The number of hydrogen-bond acceptors (Lipinski definition) is 7. The molecule has 0 aliphatic heterocycles. The third kappa shape index (κ3) is 5.42. The van der Waals surface area contributed by atoms with Crippen LogP contribution in [-0.4, -0.2) is 31.1 Å². The van der Waals surface area contributed by atoms with Crippen molar-refractivity contribution in [3.8, 4) is 11.5 Å². The van der Waals surface area contributed by atoms with Gasteiger partial charge in [-0.3, -0.25) is 4.31 Å². The molecule has 0 bridgehead atoms. The lowest BCUT2D eigenvalue weighted by Crippen LogP contribution is -2.31. The molecular formula is C25H20ClN3O5S. The average Bonchev–Trinajstić information content (AvgIpc) is 3.36. The zero-order valence-corrected chi connectivity index (χ0v) is 19.9. The van der Waals surface area contributed by atoms with Crippen LogP contribution < -0.4 is 4.31 Å². The van der Waals surface area contributed by atoms with Crippen LogP contribution >= 0.6 is 11.6 Å². The topological polar surface area (TPSA) is 103 Å². The Bertz CT molecular complexity index is 1440. The Hall–Kier alpha value is -3.95. The number of sulfonamides is 1. The number of rotatable bonds is 9. The van der Waals surface area contributed by atoms with Gasteiger partial charge in [0.2, 0.25) is 5.89 Å². The minimum absolute atomic E-state index is 0.00221.